The summed E-state index contributed by atoms with van der Waals surface area (Å²) in [5.41, 5.74) is -0.194. The number of rotatable bonds is 2. The van der Waals surface area contributed by atoms with Gasteiger partial charge in [-0.05, 0) is 51.0 Å². The Morgan fingerprint density at radius 3 is 2.68 bits per heavy atom. The minimum Gasteiger partial charge on any atom is -0.390 e. The molecule has 0 aromatic rings. The Morgan fingerprint density at radius 1 is 1.21 bits per heavy atom. The highest BCUT2D eigenvalue weighted by molar-refractivity contribution is 5.82. The summed E-state index contributed by atoms with van der Waals surface area (Å²) in [6, 6.07) is 0. The number of aliphatic hydroxyl groups is 1. The fourth-order valence-corrected chi connectivity index (χ4v) is 3.53. The van der Waals surface area contributed by atoms with E-state index in [1.54, 1.807) is 0 Å². The summed E-state index contributed by atoms with van der Waals surface area (Å²) in [6.45, 7) is 9.35. The second kappa shape index (κ2) is 5.53. The number of likely N-dealkylation sites (tertiary alicyclic amines) is 1. The van der Waals surface area contributed by atoms with Gasteiger partial charge in [-0.15, -0.1) is 0 Å². The standard InChI is InChI=1S/C16H29NO2/c1-15(2)7-5-14(18)13(11-15)12-17-9-4-6-16(3,19)8-10-17/h13,19H,4-12H2,1-3H3. The molecule has 2 aliphatic rings. The Hall–Kier alpha value is -0.410. The number of hydrogen-bond acceptors (Lipinski definition) is 3. The third-order valence-electron chi connectivity index (χ3n) is 4.94. The van der Waals surface area contributed by atoms with Crippen LogP contribution >= 0.6 is 0 Å². The van der Waals surface area contributed by atoms with E-state index < -0.39 is 5.60 Å². The molecule has 0 spiro atoms. The lowest BCUT2D eigenvalue weighted by Gasteiger charge is -2.36. The number of hydrogen-bond donors (Lipinski definition) is 1. The topological polar surface area (TPSA) is 40.5 Å². The lowest BCUT2D eigenvalue weighted by atomic mass is 9.71. The Bertz CT molecular complexity index is 336. The molecule has 2 unspecified atom stereocenters. The fraction of sp³-hybridized carbons (Fsp3) is 0.938. The van der Waals surface area contributed by atoms with Crippen molar-refractivity contribution in [1.82, 2.24) is 4.90 Å². The molecule has 110 valence electrons. The minimum absolute atomic E-state index is 0.215. The van der Waals surface area contributed by atoms with Gasteiger partial charge in [0.1, 0.15) is 5.78 Å². The second-order valence-electron chi connectivity index (χ2n) is 7.68. The molecule has 1 saturated heterocycles. The van der Waals surface area contributed by atoms with Gasteiger partial charge in [-0.25, -0.2) is 0 Å². The molecule has 3 nitrogen and oxygen atoms in total. The Balaban J connectivity index is 1.91. The number of ketones is 1. The van der Waals surface area contributed by atoms with E-state index in [1.165, 1.54) is 0 Å². The summed E-state index contributed by atoms with van der Waals surface area (Å²) < 4.78 is 0. The molecule has 1 aliphatic heterocycles. The van der Waals surface area contributed by atoms with Gasteiger partial charge in [-0.3, -0.25) is 4.79 Å². The Morgan fingerprint density at radius 2 is 1.95 bits per heavy atom. The molecule has 3 heteroatoms. The molecular formula is C16H29NO2. The van der Waals surface area contributed by atoms with Crippen LogP contribution in [0.25, 0.3) is 0 Å². The zero-order valence-electron chi connectivity index (χ0n) is 12.7. The smallest absolute Gasteiger partial charge is 0.137 e. The number of carbonyl (C=O) groups is 1. The van der Waals surface area contributed by atoms with Gasteiger partial charge in [0, 0.05) is 25.4 Å². The van der Waals surface area contributed by atoms with Crippen LogP contribution in [0.15, 0.2) is 0 Å². The summed E-state index contributed by atoms with van der Waals surface area (Å²) in [6.07, 6.45) is 5.57. The van der Waals surface area contributed by atoms with Gasteiger partial charge in [0.25, 0.3) is 0 Å². The molecule has 2 rings (SSSR count). The van der Waals surface area contributed by atoms with Gasteiger partial charge in [0.2, 0.25) is 0 Å². The highest BCUT2D eigenvalue weighted by atomic mass is 16.3. The van der Waals surface area contributed by atoms with Crippen molar-refractivity contribution in [3.8, 4) is 0 Å². The van der Waals surface area contributed by atoms with E-state index in [-0.39, 0.29) is 5.92 Å². The van der Waals surface area contributed by atoms with E-state index in [0.29, 0.717) is 11.2 Å². The highest BCUT2D eigenvalue weighted by Gasteiger charge is 2.35. The average molecular weight is 267 g/mol. The third kappa shape index (κ3) is 4.28. The Kier molecular flexibility index (Phi) is 4.36. The monoisotopic (exact) mass is 267 g/mol. The molecule has 19 heavy (non-hydrogen) atoms. The third-order valence-corrected chi connectivity index (χ3v) is 4.94. The van der Waals surface area contributed by atoms with Gasteiger partial charge in [-0.2, -0.15) is 0 Å². The SMILES string of the molecule is CC1(C)CCC(=O)C(CN2CCCC(C)(O)CC2)C1. The van der Waals surface area contributed by atoms with Crippen molar-refractivity contribution in [2.75, 3.05) is 19.6 Å². The van der Waals surface area contributed by atoms with Crippen molar-refractivity contribution in [3.05, 3.63) is 0 Å². The van der Waals surface area contributed by atoms with Crippen molar-refractivity contribution >= 4 is 5.78 Å². The van der Waals surface area contributed by atoms with Gasteiger partial charge < -0.3 is 10.0 Å². The molecule has 0 aromatic carbocycles. The van der Waals surface area contributed by atoms with Crippen LogP contribution < -0.4 is 0 Å². The van der Waals surface area contributed by atoms with Crippen LogP contribution in [0.1, 0.15) is 59.3 Å². The van der Waals surface area contributed by atoms with E-state index in [4.69, 9.17) is 0 Å². The fourth-order valence-electron chi connectivity index (χ4n) is 3.53. The molecule has 0 radical (unpaired) electrons. The van der Waals surface area contributed by atoms with E-state index in [1.807, 2.05) is 6.92 Å². The summed E-state index contributed by atoms with van der Waals surface area (Å²) in [4.78, 5) is 14.5. The summed E-state index contributed by atoms with van der Waals surface area (Å²) >= 11 is 0. The molecule has 1 N–H and O–H groups in total. The van der Waals surface area contributed by atoms with Crippen LogP contribution in [0.3, 0.4) is 0 Å². The molecule has 1 heterocycles. The molecule has 2 fully saturated rings. The second-order valence-corrected chi connectivity index (χ2v) is 7.68. The van der Waals surface area contributed by atoms with Crippen LogP contribution in [-0.4, -0.2) is 41.0 Å². The van der Waals surface area contributed by atoms with Gasteiger partial charge in [0.15, 0.2) is 0 Å². The zero-order valence-corrected chi connectivity index (χ0v) is 12.7. The number of nitrogens with zero attached hydrogens (tertiary/aromatic N) is 1. The number of Topliss-reactive ketones (excluding diaryl/α,β-unsaturated/α-hetero) is 1. The molecule has 0 aromatic heterocycles. The van der Waals surface area contributed by atoms with Crippen molar-refractivity contribution in [2.45, 2.75) is 64.9 Å². The quantitative estimate of drug-likeness (QED) is 0.836. The van der Waals surface area contributed by atoms with E-state index in [0.717, 1.165) is 58.2 Å². The minimum atomic E-state index is -0.509. The molecule has 0 amide bonds. The summed E-state index contributed by atoms with van der Waals surface area (Å²) in [5, 5.41) is 10.1. The molecule has 0 bridgehead atoms. The lowest BCUT2D eigenvalue weighted by Crippen LogP contribution is -2.39. The van der Waals surface area contributed by atoms with Crippen LogP contribution in [0, 0.1) is 11.3 Å². The Labute approximate surface area is 117 Å². The maximum atomic E-state index is 12.1. The lowest BCUT2D eigenvalue weighted by molar-refractivity contribution is -0.127. The summed E-state index contributed by atoms with van der Waals surface area (Å²) in [5.74, 6) is 0.669. The van der Waals surface area contributed by atoms with Gasteiger partial charge in [0.05, 0.1) is 5.60 Å². The first-order valence-electron chi connectivity index (χ1n) is 7.75. The van der Waals surface area contributed by atoms with Crippen molar-refractivity contribution in [1.29, 1.82) is 0 Å². The first-order valence-corrected chi connectivity index (χ1v) is 7.75. The van der Waals surface area contributed by atoms with Gasteiger partial charge >= 0.3 is 0 Å². The highest BCUT2D eigenvalue weighted by Crippen LogP contribution is 2.37. The maximum absolute atomic E-state index is 12.1. The first-order chi connectivity index (χ1) is 8.77. The van der Waals surface area contributed by atoms with Crippen LogP contribution in [0.2, 0.25) is 0 Å². The maximum Gasteiger partial charge on any atom is 0.137 e. The molecular weight excluding hydrogens is 238 g/mol. The van der Waals surface area contributed by atoms with Crippen LogP contribution in [0.5, 0.6) is 0 Å². The van der Waals surface area contributed by atoms with Crippen molar-refractivity contribution in [2.24, 2.45) is 11.3 Å². The number of carbonyl (C=O) groups excluding carboxylic acids is 1. The van der Waals surface area contributed by atoms with Crippen LogP contribution in [-0.2, 0) is 4.79 Å². The normalized spacial score (nSPS) is 37.1. The average Bonchev–Trinajstić information content (AvgIpc) is 2.46. The predicted octanol–water partition coefficient (Wildman–Crippen LogP) is 2.62. The zero-order chi connectivity index (χ0) is 14.1. The molecule has 2 atom stereocenters. The molecule has 1 saturated carbocycles. The first kappa shape index (κ1) is 15.0. The van der Waals surface area contributed by atoms with Crippen molar-refractivity contribution in [3.63, 3.8) is 0 Å². The largest absolute Gasteiger partial charge is 0.390 e. The van der Waals surface area contributed by atoms with E-state index in [9.17, 15) is 9.90 Å². The van der Waals surface area contributed by atoms with E-state index in [2.05, 4.69) is 18.7 Å². The van der Waals surface area contributed by atoms with E-state index >= 15 is 0 Å². The summed E-state index contributed by atoms with van der Waals surface area (Å²) in [7, 11) is 0. The van der Waals surface area contributed by atoms with Crippen LogP contribution in [0.4, 0.5) is 0 Å². The van der Waals surface area contributed by atoms with Crippen molar-refractivity contribution < 1.29 is 9.90 Å². The predicted molar refractivity (Wildman–Crippen MR) is 77.0 cm³/mol. The van der Waals surface area contributed by atoms with Gasteiger partial charge in [-0.1, -0.05) is 13.8 Å². The molecule has 1 aliphatic carbocycles.